The van der Waals surface area contributed by atoms with E-state index in [1.807, 2.05) is 0 Å². The van der Waals surface area contributed by atoms with Crippen molar-refractivity contribution in [2.24, 2.45) is 0 Å². The first-order valence-electron chi connectivity index (χ1n) is 5.99. The van der Waals surface area contributed by atoms with Crippen LogP contribution in [0.15, 0.2) is 24.3 Å². The van der Waals surface area contributed by atoms with Gasteiger partial charge in [-0.15, -0.1) is 0 Å². The van der Waals surface area contributed by atoms with Gasteiger partial charge in [0.05, 0.1) is 0 Å². The van der Waals surface area contributed by atoms with Crippen LogP contribution in [-0.4, -0.2) is 4.98 Å². The van der Waals surface area contributed by atoms with Crippen LogP contribution in [0.4, 0.5) is 0 Å². The Bertz CT molecular complexity index is 481. The second-order valence-electron chi connectivity index (χ2n) is 4.56. The van der Waals surface area contributed by atoms with Crippen molar-refractivity contribution in [1.29, 1.82) is 0 Å². The van der Waals surface area contributed by atoms with Crippen molar-refractivity contribution in [3.8, 4) is 0 Å². The molecule has 0 saturated carbocycles. The van der Waals surface area contributed by atoms with Crippen LogP contribution in [-0.2, 0) is 6.42 Å². The lowest BCUT2D eigenvalue weighted by Gasteiger charge is -2.21. The molecule has 1 atom stereocenters. The van der Waals surface area contributed by atoms with E-state index >= 15 is 0 Å². The van der Waals surface area contributed by atoms with E-state index in [1.165, 1.54) is 42.3 Å². The van der Waals surface area contributed by atoms with Gasteiger partial charge in [0.15, 0.2) is 0 Å². The zero-order valence-corrected chi connectivity index (χ0v) is 9.22. The normalized spacial score (nSPS) is 20.5. The summed E-state index contributed by atoms with van der Waals surface area (Å²) in [5.41, 5.74) is 4.43. The monoisotopic (exact) mass is 199 g/mol. The van der Waals surface area contributed by atoms with Crippen molar-refractivity contribution in [2.45, 2.75) is 38.5 Å². The van der Waals surface area contributed by atoms with E-state index < -0.39 is 0 Å². The third-order valence-electron chi connectivity index (χ3n) is 3.73. The van der Waals surface area contributed by atoms with Gasteiger partial charge in [0.2, 0.25) is 0 Å². The zero-order chi connectivity index (χ0) is 10.3. The summed E-state index contributed by atoms with van der Waals surface area (Å²) in [6.07, 6.45) is 5.24. The van der Waals surface area contributed by atoms with Gasteiger partial charge in [-0.25, -0.2) is 0 Å². The van der Waals surface area contributed by atoms with Crippen LogP contribution < -0.4 is 0 Å². The summed E-state index contributed by atoms with van der Waals surface area (Å²) in [7, 11) is 0. The highest BCUT2D eigenvalue weighted by atomic mass is 14.7. The van der Waals surface area contributed by atoms with Crippen LogP contribution in [0.25, 0.3) is 10.9 Å². The van der Waals surface area contributed by atoms with Gasteiger partial charge in [-0.05, 0) is 43.2 Å². The summed E-state index contributed by atoms with van der Waals surface area (Å²) >= 11 is 0. The maximum absolute atomic E-state index is 3.62. The van der Waals surface area contributed by atoms with Crippen molar-refractivity contribution in [3.63, 3.8) is 0 Å². The van der Waals surface area contributed by atoms with E-state index in [1.54, 1.807) is 5.56 Å². The molecule has 0 amide bonds. The van der Waals surface area contributed by atoms with Crippen LogP contribution in [0.3, 0.4) is 0 Å². The summed E-state index contributed by atoms with van der Waals surface area (Å²) in [6.45, 7) is 2.30. The van der Waals surface area contributed by atoms with Crippen molar-refractivity contribution in [2.75, 3.05) is 0 Å². The lowest BCUT2D eigenvalue weighted by Crippen LogP contribution is -2.07. The van der Waals surface area contributed by atoms with Gasteiger partial charge in [0, 0.05) is 16.6 Å². The molecule has 0 radical (unpaired) electrons. The van der Waals surface area contributed by atoms with Crippen molar-refractivity contribution < 1.29 is 0 Å². The molecule has 1 heterocycles. The number of hydrogen-bond donors (Lipinski definition) is 1. The minimum atomic E-state index is 0.765. The number of H-pyrrole nitrogens is 1. The van der Waals surface area contributed by atoms with Crippen LogP contribution in [0, 0.1) is 0 Å². The number of rotatable bonds is 1. The van der Waals surface area contributed by atoms with E-state index in [-0.39, 0.29) is 0 Å². The third-order valence-corrected chi connectivity index (χ3v) is 3.73. The molecule has 1 unspecified atom stereocenters. The molecule has 0 spiro atoms. The van der Waals surface area contributed by atoms with E-state index in [2.05, 4.69) is 36.2 Å². The first-order valence-corrected chi connectivity index (χ1v) is 5.99. The van der Waals surface area contributed by atoms with Gasteiger partial charge < -0.3 is 4.98 Å². The third kappa shape index (κ3) is 1.30. The van der Waals surface area contributed by atoms with Gasteiger partial charge >= 0.3 is 0 Å². The molecule has 3 rings (SSSR count). The van der Waals surface area contributed by atoms with E-state index in [0.29, 0.717) is 0 Å². The zero-order valence-electron chi connectivity index (χ0n) is 9.22. The van der Waals surface area contributed by atoms with Crippen molar-refractivity contribution >= 4 is 10.9 Å². The summed E-state index contributed by atoms with van der Waals surface area (Å²) in [5.74, 6) is 0.765. The van der Waals surface area contributed by atoms with E-state index in [0.717, 1.165) is 5.92 Å². The van der Waals surface area contributed by atoms with Crippen LogP contribution >= 0.6 is 0 Å². The predicted octanol–water partition coefficient (Wildman–Crippen LogP) is 4.00. The summed E-state index contributed by atoms with van der Waals surface area (Å²) in [4.78, 5) is 3.62. The average Bonchev–Trinajstić information content (AvgIpc) is 2.67. The fraction of sp³-hybridized carbons (Fsp3) is 0.429. The van der Waals surface area contributed by atoms with Crippen molar-refractivity contribution in [1.82, 2.24) is 4.98 Å². The second-order valence-corrected chi connectivity index (χ2v) is 4.56. The van der Waals surface area contributed by atoms with Crippen LogP contribution in [0.2, 0.25) is 0 Å². The molecule has 1 aromatic heterocycles. The lowest BCUT2D eigenvalue weighted by molar-refractivity contribution is 0.532. The SMILES string of the molecule is CCC1CCCc2c1[nH]c1ccccc21. The minimum Gasteiger partial charge on any atom is -0.358 e. The fourth-order valence-electron chi connectivity index (χ4n) is 2.92. The molecular formula is C14H17N. The van der Waals surface area contributed by atoms with Crippen molar-refractivity contribution in [3.05, 3.63) is 35.5 Å². The molecular weight excluding hydrogens is 182 g/mol. The smallest absolute Gasteiger partial charge is 0.0459 e. The molecule has 15 heavy (non-hydrogen) atoms. The first-order chi connectivity index (χ1) is 7.40. The first kappa shape index (κ1) is 9.02. The summed E-state index contributed by atoms with van der Waals surface area (Å²) < 4.78 is 0. The highest BCUT2D eigenvalue weighted by Crippen LogP contribution is 2.37. The molecule has 1 nitrogen and oxygen atoms in total. The maximum Gasteiger partial charge on any atom is 0.0459 e. The Balaban J connectivity index is 2.24. The molecule has 0 bridgehead atoms. The van der Waals surface area contributed by atoms with Crippen LogP contribution in [0.5, 0.6) is 0 Å². The molecule has 1 heteroatoms. The van der Waals surface area contributed by atoms with Gasteiger partial charge in [-0.3, -0.25) is 0 Å². The van der Waals surface area contributed by atoms with Crippen LogP contribution in [0.1, 0.15) is 43.4 Å². The molecule has 1 aromatic carbocycles. The standard InChI is InChI=1S/C14H17N/c1-2-10-6-5-8-12-11-7-3-4-9-13(11)15-14(10)12/h3-4,7,9-10,15H,2,5-6,8H2,1H3. The number of benzene rings is 1. The molecule has 78 valence electrons. The molecule has 1 aliphatic carbocycles. The number of para-hydroxylation sites is 1. The maximum atomic E-state index is 3.62. The highest BCUT2D eigenvalue weighted by molar-refractivity contribution is 5.85. The van der Waals surface area contributed by atoms with E-state index in [4.69, 9.17) is 0 Å². The Morgan fingerprint density at radius 2 is 2.20 bits per heavy atom. The molecule has 0 saturated heterocycles. The molecule has 1 aliphatic rings. The Labute approximate surface area is 90.5 Å². The van der Waals surface area contributed by atoms with Gasteiger partial charge in [-0.1, -0.05) is 25.1 Å². The molecule has 0 aliphatic heterocycles. The quantitative estimate of drug-likeness (QED) is 0.714. The number of aryl methyl sites for hydroxylation is 1. The Hall–Kier alpha value is -1.24. The van der Waals surface area contributed by atoms with Gasteiger partial charge in [0.25, 0.3) is 0 Å². The fourth-order valence-corrected chi connectivity index (χ4v) is 2.92. The van der Waals surface area contributed by atoms with Gasteiger partial charge in [0.1, 0.15) is 0 Å². The Morgan fingerprint density at radius 3 is 3.07 bits per heavy atom. The van der Waals surface area contributed by atoms with E-state index in [9.17, 15) is 0 Å². The number of aromatic amines is 1. The lowest BCUT2D eigenvalue weighted by atomic mass is 9.85. The minimum absolute atomic E-state index is 0.765. The molecule has 1 N–H and O–H groups in total. The number of hydrogen-bond acceptors (Lipinski definition) is 0. The summed E-state index contributed by atoms with van der Waals surface area (Å²) in [6, 6.07) is 8.71. The topological polar surface area (TPSA) is 15.8 Å². The molecule has 2 aromatic rings. The summed E-state index contributed by atoms with van der Waals surface area (Å²) in [5, 5.41) is 1.45. The largest absolute Gasteiger partial charge is 0.358 e. The average molecular weight is 199 g/mol. The Morgan fingerprint density at radius 1 is 1.33 bits per heavy atom. The predicted molar refractivity (Wildman–Crippen MR) is 64.3 cm³/mol. The second kappa shape index (κ2) is 3.41. The number of fused-ring (bicyclic) bond motifs is 3. The Kier molecular flexibility index (Phi) is 2.05. The van der Waals surface area contributed by atoms with Gasteiger partial charge in [-0.2, -0.15) is 0 Å². The highest BCUT2D eigenvalue weighted by Gasteiger charge is 2.22. The number of aromatic nitrogens is 1. The molecule has 0 fully saturated rings. The number of nitrogens with one attached hydrogen (secondary N) is 1.